The molecule has 5 nitrogen and oxygen atoms in total. The van der Waals surface area contributed by atoms with E-state index in [1.807, 2.05) is 64.9 Å². The highest BCUT2D eigenvalue weighted by molar-refractivity contribution is 7.80. The maximum Gasteiger partial charge on any atom is 0.274 e. The average molecular weight is 451 g/mol. The zero-order valence-electron chi connectivity index (χ0n) is 17.0. The van der Waals surface area contributed by atoms with E-state index in [1.165, 1.54) is 5.56 Å². The molecule has 0 spiro atoms. The molecule has 2 heterocycles. The van der Waals surface area contributed by atoms with Crippen molar-refractivity contribution >= 4 is 40.7 Å². The summed E-state index contributed by atoms with van der Waals surface area (Å²) in [5, 5.41) is 7.33. The number of thiophene rings is 1. The van der Waals surface area contributed by atoms with Gasteiger partial charge in [0, 0.05) is 6.54 Å². The van der Waals surface area contributed by atoms with Gasteiger partial charge in [0.2, 0.25) is 0 Å². The van der Waals surface area contributed by atoms with Gasteiger partial charge < -0.3 is 14.4 Å². The molecule has 0 bridgehead atoms. The standard InChI is InChI=1S/C24H22N2O3S2/c1-28-22-14-19(7-8-21(22)29-15-17-5-3-2-4-6-17)13-20-23(27)25-24(30)26(20)11-9-18-10-12-31-16-18/h2-8,10,12-14,16H,9,11,15H2,1H3,(H,25,27,30)/b20-13+. The Kier molecular flexibility index (Phi) is 6.64. The molecule has 4 rings (SSSR count). The van der Waals surface area contributed by atoms with E-state index in [0.717, 1.165) is 17.5 Å². The first kappa shape index (κ1) is 21.1. The van der Waals surface area contributed by atoms with Crippen LogP contribution >= 0.6 is 23.6 Å². The topological polar surface area (TPSA) is 50.8 Å². The van der Waals surface area contributed by atoms with Crippen LogP contribution in [0.3, 0.4) is 0 Å². The lowest BCUT2D eigenvalue weighted by Gasteiger charge is -2.17. The summed E-state index contributed by atoms with van der Waals surface area (Å²) in [5.41, 5.74) is 3.67. The molecule has 7 heteroatoms. The van der Waals surface area contributed by atoms with Crippen LogP contribution in [0.1, 0.15) is 16.7 Å². The molecule has 2 aromatic carbocycles. The van der Waals surface area contributed by atoms with Gasteiger partial charge in [-0.3, -0.25) is 10.1 Å². The van der Waals surface area contributed by atoms with Crippen LogP contribution in [0.2, 0.25) is 0 Å². The first-order chi connectivity index (χ1) is 15.1. The SMILES string of the molecule is COc1cc(/C=C2\C(=O)NC(=S)N2CCc2ccsc2)ccc1OCc1ccccc1. The monoisotopic (exact) mass is 450 g/mol. The number of amides is 1. The number of methoxy groups -OCH3 is 1. The minimum absolute atomic E-state index is 0.196. The van der Waals surface area contributed by atoms with E-state index in [4.69, 9.17) is 21.7 Å². The Morgan fingerprint density at radius 2 is 1.94 bits per heavy atom. The molecule has 0 atom stereocenters. The Hall–Kier alpha value is -3.16. The smallest absolute Gasteiger partial charge is 0.274 e. The highest BCUT2D eigenvalue weighted by Gasteiger charge is 2.29. The molecule has 0 aliphatic carbocycles. The van der Waals surface area contributed by atoms with Crippen molar-refractivity contribution in [1.29, 1.82) is 0 Å². The van der Waals surface area contributed by atoms with Crippen LogP contribution in [0.15, 0.2) is 71.1 Å². The maximum atomic E-state index is 12.5. The van der Waals surface area contributed by atoms with Crippen LogP contribution in [-0.2, 0) is 17.8 Å². The fourth-order valence-electron chi connectivity index (χ4n) is 3.29. The lowest BCUT2D eigenvalue weighted by molar-refractivity contribution is -0.115. The first-order valence-electron chi connectivity index (χ1n) is 9.84. The summed E-state index contributed by atoms with van der Waals surface area (Å²) in [7, 11) is 1.60. The molecule has 158 valence electrons. The van der Waals surface area contributed by atoms with E-state index in [9.17, 15) is 4.79 Å². The van der Waals surface area contributed by atoms with Crippen LogP contribution in [-0.4, -0.2) is 29.6 Å². The lowest BCUT2D eigenvalue weighted by atomic mass is 10.1. The molecule has 3 aromatic rings. The number of hydrogen-bond donors (Lipinski definition) is 1. The fraction of sp³-hybridized carbons (Fsp3) is 0.167. The molecular weight excluding hydrogens is 428 g/mol. The van der Waals surface area contributed by atoms with Gasteiger partial charge in [-0.1, -0.05) is 36.4 Å². The summed E-state index contributed by atoms with van der Waals surface area (Å²) in [6.07, 6.45) is 2.64. The molecule has 0 unspecified atom stereocenters. The van der Waals surface area contributed by atoms with E-state index in [1.54, 1.807) is 18.4 Å². The second-order valence-corrected chi connectivity index (χ2v) is 8.17. The summed E-state index contributed by atoms with van der Waals surface area (Å²) in [5.74, 6) is 1.06. The highest BCUT2D eigenvalue weighted by Crippen LogP contribution is 2.30. The Bertz CT molecular complexity index is 1100. The third-order valence-electron chi connectivity index (χ3n) is 4.92. The molecule has 0 saturated carbocycles. The van der Waals surface area contributed by atoms with Crippen LogP contribution in [0, 0.1) is 0 Å². The van der Waals surface area contributed by atoms with Crippen molar-refractivity contribution in [2.75, 3.05) is 13.7 Å². The quantitative estimate of drug-likeness (QED) is 0.400. The number of ether oxygens (including phenoxy) is 2. The Morgan fingerprint density at radius 1 is 1.10 bits per heavy atom. The number of thiocarbonyl (C=S) groups is 1. The predicted molar refractivity (Wildman–Crippen MR) is 127 cm³/mol. The maximum absolute atomic E-state index is 12.5. The summed E-state index contributed by atoms with van der Waals surface area (Å²) >= 11 is 7.03. The Morgan fingerprint density at radius 3 is 2.68 bits per heavy atom. The molecule has 1 aliphatic heterocycles. The zero-order valence-corrected chi connectivity index (χ0v) is 18.7. The molecule has 1 fully saturated rings. The molecule has 1 amide bonds. The van der Waals surface area contributed by atoms with Crippen LogP contribution in [0.5, 0.6) is 11.5 Å². The van der Waals surface area contributed by atoms with Crippen molar-refractivity contribution in [2.45, 2.75) is 13.0 Å². The van der Waals surface area contributed by atoms with Crippen LogP contribution < -0.4 is 14.8 Å². The summed E-state index contributed by atoms with van der Waals surface area (Å²) in [4.78, 5) is 14.3. The Labute approximate surface area is 190 Å². The molecule has 31 heavy (non-hydrogen) atoms. The fourth-order valence-corrected chi connectivity index (χ4v) is 4.27. The number of nitrogens with one attached hydrogen (secondary N) is 1. The highest BCUT2D eigenvalue weighted by atomic mass is 32.1. The number of carbonyl (C=O) groups is 1. The number of benzene rings is 2. The number of nitrogens with zero attached hydrogens (tertiary/aromatic N) is 1. The first-order valence-corrected chi connectivity index (χ1v) is 11.2. The molecule has 1 aliphatic rings. The zero-order chi connectivity index (χ0) is 21.6. The van der Waals surface area contributed by atoms with Gasteiger partial charge in [-0.05, 0) is 70.4 Å². The lowest BCUT2D eigenvalue weighted by Crippen LogP contribution is -2.29. The van der Waals surface area contributed by atoms with E-state index in [0.29, 0.717) is 35.5 Å². The van der Waals surface area contributed by atoms with Gasteiger partial charge >= 0.3 is 0 Å². The number of carbonyl (C=O) groups excluding carboxylic acids is 1. The van der Waals surface area contributed by atoms with Gasteiger partial charge in [-0.25, -0.2) is 0 Å². The third-order valence-corrected chi connectivity index (χ3v) is 5.98. The minimum Gasteiger partial charge on any atom is -0.493 e. The van der Waals surface area contributed by atoms with Crippen molar-refractivity contribution in [3.05, 3.63) is 87.7 Å². The molecular formula is C24H22N2O3S2. The summed E-state index contributed by atoms with van der Waals surface area (Å²) < 4.78 is 11.4. The molecule has 1 aromatic heterocycles. The van der Waals surface area contributed by atoms with Crippen molar-refractivity contribution in [2.24, 2.45) is 0 Å². The second kappa shape index (κ2) is 9.76. The Balaban J connectivity index is 1.51. The van der Waals surface area contributed by atoms with Crippen molar-refractivity contribution in [1.82, 2.24) is 10.2 Å². The predicted octanol–water partition coefficient (Wildman–Crippen LogP) is 4.64. The van der Waals surface area contributed by atoms with Gasteiger partial charge in [0.05, 0.1) is 7.11 Å². The van der Waals surface area contributed by atoms with E-state index < -0.39 is 0 Å². The summed E-state index contributed by atoms with van der Waals surface area (Å²) in [6, 6.07) is 17.7. The van der Waals surface area contributed by atoms with E-state index in [2.05, 4.69) is 16.8 Å². The van der Waals surface area contributed by atoms with Crippen molar-refractivity contribution in [3.63, 3.8) is 0 Å². The van der Waals surface area contributed by atoms with Crippen LogP contribution in [0.4, 0.5) is 0 Å². The third kappa shape index (κ3) is 5.13. The second-order valence-electron chi connectivity index (χ2n) is 7.01. The number of rotatable bonds is 8. The average Bonchev–Trinajstić information content (AvgIpc) is 3.40. The summed E-state index contributed by atoms with van der Waals surface area (Å²) in [6.45, 7) is 1.08. The van der Waals surface area contributed by atoms with Gasteiger partial charge in [-0.2, -0.15) is 11.3 Å². The van der Waals surface area contributed by atoms with Gasteiger partial charge in [-0.15, -0.1) is 0 Å². The van der Waals surface area contributed by atoms with Crippen LogP contribution in [0.25, 0.3) is 6.08 Å². The molecule has 1 saturated heterocycles. The molecule has 0 radical (unpaired) electrons. The van der Waals surface area contributed by atoms with Gasteiger partial charge in [0.15, 0.2) is 16.6 Å². The van der Waals surface area contributed by atoms with E-state index in [-0.39, 0.29) is 5.91 Å². The molecule has 1 N–H and O–H groups in total. The minimum atomic E-state index is -0.196. The number of hydrogen-bond acceptors (Lipinski definition) is 5. The normalized spacial score (nSPS) is 14.7. The van der Waals surface area contributed by atoms with E-state index >= 15 is 0 Å². The van der Waals surface area contributed by atoms with Crippen molar-refractivity contribution in [3.8, 4) is 11.5 Å². The largest absolute Gasteiger partial charge is 0.493 e. The van der Waals surface area contributed by atoms with Gasteiger partial charge in [0.25, 0.3) is 5.91 Å². The van der Waals surface area contributed by atoms with Gasteiger partial charge in [0.1, 0.15) is 12.3 Å². The van der Waals surface area contributed by atoms with Crippen molar-refractivity contribution < 1.29 is 14.3 Å².